The van der Waals surface area contributed by atoms with Crippen molar-refractivity contribution in [1.82, 2.24) is 0 Å². The van der Waals surface area contributed by atoms with Crippen molar-refractivity contribution < 1.29 is 60.2 Å². The molecule has 0 fully saturated rings. The van der Waals surface area contributed by atoms with Crippen LogP contribution in [0.15, 0.2) is 0 Å². The summed E-state index contributed by atoms with van der Waals surface area (Å²) < 4.78 is 0. The van der Waals surface area contributed by atoms with E-state index in [0.717, 1.165) is 13.8 Å². The van der Waals surface area contributed by atoms with Crippen LogP contribution in [-0.2, 0) is 9.59 Å². The smallest absolute Gasteiger partial charge is 0.550 e. The minimum atomic E-state index is -1.08. The number of carbonyl (C=O) groups is 2. The average molecular weight is 268 g/mol. The quantitative estimate of drug-likeness (QED) is 0.487. The second kappa shape index (κ2) is 11.1. The van der Waals surface area contributed by atoms with Crippen LogP contribution in [0, 0.1) is 40.4 Å². The number of hydrogen-bond acceptors (Lipinski definition) is 4. The summed E-state index contributed by atoms with van der Waals surface area (Å²) in [4.78, 5) is 17.8. The molecule has 0 aromatic carbocycles. The molecule has 9 heavy (non-hydrogen) atoms. The Bertz CT molecular complexity index is 70.6. The van der Waals surface area contributed by atoms with Crippen LogP contribution in [0.4, 0.5) is 0 Å². The normalized spacial score (nSPS) is 5.56. The van der Waals surface area contributed by atoms with Crippen LogP contribution in [-0.4, -0.2) is 11.9 Å². The Kier molecular flexibility index (Phi) is 19.9. The van der Waals surface area contributed by atoms with Gasteiger partial charge in [0.1, 0.15) is 0 Å². The first-order chi connectivity index (χ1) is 3.46. The number of carbonyl (C=O) groups excluding carboxylic acids is 2. The van der Waals surface area contributed by atoms with E-state index in [1.54, 1.807) is 0 Å². The fraction of sp³-hybridized carbons (Fsp3) is 0.500. The largest absolute Gasteiger partial charge is 2.00 e. The number of aliphatic carboxylic acids is 2. The number of carboxylic acid groups (broad SMARTS) is 2. The molecule has 0 aliphatic rings. The molecule has 0 heterocycles. The Morgan fingerprint density at radius 1 is 1.00 bits per heavy atom. The molecule has 0 aliphatic carbocycles. The molecule has 0 bridgehead atoms. The molecule has 0 unspecified atom stereocenters. The van der Waals surface area contributed by atoms with Gasteiger partial charge in [-0.15, -0.1) is 0 Å². The minimum absolute atomic E-state index is 0. The second-order valence-corrected chi connectivity index (χ2v) is 0.983. The summed E-state index contributed by atoms with van der Waals surface area (Å²) >= 11 is 0. The summed E-state index contributed by atoms with van der Waals surface area (Å²) in [6, 6.07) is 0. The zero-order valence-corrected chi connectivity index (χ0v) is 7.66. The summed E-state index contributed by atoms with van der Waals surface area (Å²) in [5, 5.41) is 17.8. The van der Waals surface area contributed by atoms with Gasteiger partial charge in [0.05, 0.1) is 0 Å². The van der Waals surface area contributed by atoms with Crippen LogP contribution >= 0.6 is 0 Å². The molecular weight excluding hydrogens is 262 g/mol. The number of carboxylic acids is 2. The van der Waals surface area contributed by atoms with Crippen molar-refractivity contribution in [2.45, 2.75) is 13.8 Å². The van der Waals surface area contributed by atoms with Crippen molar-refractivity contribution in [2.75, 3.05) is 0 Å². The SMILES string of the molecule is CC(=O)[O-].CC(=O)[O-].[Sm+2]. The van der Waals surface area contributed by atoms with Crippen LogP contribution in [0.25, 0.3) is 0 Å². The van der Waals surface area contributed by atoms with Gasteiger partial charge in [-0.2, -0.15) is 0 Å². The summed E-state index contributed by atoms with van der Waals surface area (Å²) in [6.07, 6.45) is 0. The Hall–Kier alpha value is 0.278. The van der Waals surface area contributed by atoms with Gasteiger partial charge in [-0.05, 0) is 13.8 Å². The van der Waals surface area contributed by atoms with E-state index in [4.69, 9.17) is 19.8 Å². The fourth-order valence-electron chi connectivity index (χ4n) is 0. The van der Waals surface area contributed by atoms with E-state index in [9.17, 15) is 0 Å². The van der Waals surface area contributed by atoms with E-state index in [1.165, 1.54) is 0 Å². The Balaban J connectivity index is -0.0000000720. The van der Waals surface area contributed by atoms with Crippen LogP contribution in [0.3, 0.4) is 0 Å². The third-order valence-electron chi connectivity index (χ3n) is 0. The van der Waals surface area contributed by atoms with Crippen LogP contribution in [0.2, 0.25) is 0 Å². The van der Waals surface area contributed by atoms with Crippen LogP contribution < -0.4 is 10.2 Å². The van der Waals surface area contributed by atoms with Crippen molar-refractivity contribution in [3.8, 4) is 0 Å². The van der Waals surface area contributed by atoms with Gasteiger partial charge in [0.15, 0.2) is 0 Å². The molecule has 0 aliphatic heterocycles. The van der Waals surface area contributed by atoms with Gasteiger partial charge in [-0.1, -0.05) is 0 Å². The topological polar surface area (TPSA) is 80.3 Å². The first-order valence-electron chi connectivity index (χ1n) is 1.82. The van der Waals surface area contributed by atoms with Gasteiger partial charge in [0.25, 0.3) is 0 Å². The molecule has 0 N–H and O–H groups in total. The number of hydrogen-bond donors (Lipinski definition) is 0. The maximum atomic E-state index is 8.89. The molecule has 5 heteroatoms. The Morgan fingerprint density at radius 3 is 1.00 bits per heavy atom. The predicted octanol–water partition coefficient (Wildman–Crippen LogP) is -2.49. The standard InChI is InChI=1S/2C2H4O2.Sm/c2*1-2(3)4;/h2*1H3,(H,3,4);/q;;+2/p-2. The van der Waals surface area contributed by atoms with E-state index in [-0.39, 0.29) is 40.4 Å². The average Bonchev–Trinajstić information content (AvgIpc) is 1.25. The predicted molar refractivity (Wildman–Crippen MR) is 21.4 cm³/mol. The maximum absolute atomic E-state index is 8.89. The zero-order valence-electron chi connectivity index (χ0n) is 5.04. The summed E-state index contributed by atoms with van der Waals surface area (Å²) in [6.45, 7) is 1.94. The van der Waals surface area contributed by atoms with Gasteiger partial charge in [0, 0.05) is 11.9 Å². The van der Waals surface area contributed by atoms with Crippen molar-refractivity contribution in [3.63, 3.8) is 0 Å². The van der Waals surface area contributed by atoms with E-state index in [1.807, 2.05) is 0 Å². The molecule has 0 saturated carbocycles. The van der Waals surface area contributed by atoms with E-state index in [0.29, 0.717) is 0 Å². The molecule has 0 atom stereocenters. The van der Waals surface area contributed by atoms with Gasteiger partial charge in [0.2, 0.25) is 0 Å². The van der Waals surface area contributed by atoms with Gasteiger partial charge in [-0.3, -0.25) is 0 Å². The fourth-order valence-corrected chi connectivity index (χ4v) is 0. The third kappa shape index (κ3) is 4230. The summed E-state index contributed by atoms with van der Waals surface area (Å²) in [7, 11) is 0. The summed E-state index contributed by atoms with van der Waals surface area (Å²) in [5.74, 6) is -2.17. The Morgan fingerprint density at radius 2 is 1.00 bits per heavy atom. The molecule has 0 rings (SSSR count). The van der Waals surface area contributed by atoms with E-state index in [2.05, 4.69) is 0 Å². The monoisotopic (exact) mass is 270 g/mol. The molecule has 0 spiro atoms. The van der Waals surface area contributed by atoms with Gasteiger partial charge >= 0.3 is 40.4 Å². The minimum Gasteiger partial charge on any atom is -0.550 e. The molecular formula is C4H6O4Sm. The van der Waals surface area contributed by atoms with Crippen molar-refractivity contribution in [1.29, 1.82) is 0 Å². The second-order valence-electron chi connectivity index (χ2n) is 0.983. The molecule has 0 aromatic rings. The van der Waals surface area contributed by atoms with Crippen LogP contribution in [0.5, 0.6) is 0 Å². The first-order valence-corrected chi connectivity index (χ1v) is 1.82. The Labute approximate surface area is 85.4 Å². The molecule has 0 amide bonds. The zero-order chi connectivity index (χ0) is 7.15. The van der Waals surface area contributed by atoms with Crippen LogP contribution in [0.1, 0.15) is 13.8 Å². The molecule has 0 saturated heterocycles. The van der Waals surface area contributed by atoms with E-state index < -0.39 is 11.9 Å². The van der Waals surface area contributed by atoms with Gasteiger partial charge < -0.3 is 19.8 Å². The maximum Gasteiger partial charge on any atom is 2.00 e. The molecule has 0 radical (unpaired) electrons. The van der Waals surface area contributed by atoms with Crippen molar-refractivity contribution in [2.24, 2.45) is 0 Å². The van der Waals surface area contributed by atoms with E-state index >= 15 is 0 Å². The molecule has 52 valence electrons. The summed E-state index contributed by atoms with van der Waals surface area (Å²) in [5.41, 5.74) is 0. The first kappa shape index (κ1) is 16.1. The molecule has 0 aromatic heterocycles. The van der Waals surface area contributed by atoms with Gasteiger partial charge in [-0.25, -0.2) is 0 Å². The van der Waals surface area contributed by atoms with Crippen molar-refractivity contribution >= 4 is 11.9 Å². The number of rotatable bonds is 0. The van der Waals surface area contributed by atoms with Crippen molar-refractivity contribution in [3.05, 3.63) is 0 Å². The third-order valence-corrected chi connectivity index (χ3v) is 0. The molecule has 4 nitrogen and oxygen atoms in total.